The van der Waals surface area contributed by atoms with E-state index in [1.54, 1.807) is 6.07 Å². The number of anilines is 4. The Morgan fingerprint density at radius 2 is 1.27 bits per heavy atom. The number of benzene rings is 7. The molecule has 0 saturated carbocycles. The van der Waals surface area contributed by atoms with Crippen molar-refractivity contribution in [2.24, 2.45) is 5.92 Å². The normalized spacial score (nSPS) is 17.9. The number of ether oxygens (including phenoxy) is 1. The van der Waals surface area contributed by atoms with Crippen LogP contribution in [0.2, 0.25) is 0 Å². The second-order valence-electron chi connectivity index (χ2n) is 25.0. The third-order valence-electron chi connectivity index (χ3n) is 15.8. The maximum absolute atomic E-state index is 9.81. The number of hydrogen-bond donors (Lipinski definition) is 0. The molecule has 0 unspecified atom stereocenters. The van der Waals surface area contributed by atoms with Crippen LogP contribution in [0, 0.1) is 24.7 Å². The second kappa shape index (κ2) is 20.0. The van der Waals surface area contributed by atoms with E-state index in [4.69, 9.17) is 22.1 Å². The van der Waals surface area contributed by atoms with Gasteiger partial charge < -0.3 is 19.1 Å². The third-order valence-corrected chi connectivity index (χ3v) is 15.8. The summed E-state index contributed by atoms with van der Waals surface area (Å²) >= 11 is 0. The van der Waals surface area contributed by atoms with Crippen molar-refractivity contribution in [3.05, 3.63) is 198 Å². The van der Waals surface area contributed by atoms with Gasteiger partial charge in [0, 0.05) is 87.5 Å². The fraction of sp³-hybridized carbons (Fsp3) is 0.333. The van der Waals surface area contributed by atoms with Crippen LogP contribution < -0.4 is 14.5 Å². The smallest absolute Gasteiger partial charge is 0.135 e. The van der Waals surface area contributed by atoms with Crippen LogP contribution in [-0.4, -0.2) is 9.55 Å². The standard InChI is InChI=1S/C72H77N4O.Pt/c1-46(2)35-47-36-58(48-27-30-60-61(40-48)72(14,15)33-32-71(60,12)13)67(59(37-47)49-38-51(69(6,7)8)41-52(39-49)70(9,10)11)75-45-74(63-25-18-19-26-64(63)75)53-21-20-22-54(43-53)77-55-28-29-57-56-23-16-17-24-62(56)76(65(57)44-55)66-42-50(31-34-73-66)68(3,4)5;/h16-31,34,36-42,45-46H,32-33,35H2,1-15H3;/q-3;/i6D3,7D3,8D3,35D2;. The van der Waals surface area contributed by atoms with Crippen molar-refractivity contribution in [3.63, 3.8) is 0 Å². The fourth-order valence-electron chi connectivity index (χ4n) is 11.4. The number of rotatable bonds is 9. The van der Waals surface area contributed by atoms with Crippen LogP contribution >= 0.6 is 0 Å². The van der Waals surface area contributed by atoms with Crippen LogP contribution in [0.3, 0.4) is 0 Å². The van der Waals surface area contributed by atoms with Gasteiger partial charge in [-0.05, 0) is 145 Å². The van der Waals surface area contributed by atoms with Gasteiger partial charge in [0.2, 0.25) is 0 Å². The average molecular weight is 1220 g/mol. The monoisotopic (exact) mass is 1220 g/mol. The van der Waals surface area contributed by atoms with Gasteiger partial charge in [0.15, 0.2) is 0 Å². The van der Waals surface area contributed by atoms with Crippen molar-refractivity contribution in [2.75, 3.05) is 9.80 Å². The Balaban J connectivity index is 0.00000873. The zero-order valence-electron chi connectivity index (χ0n) is 57.9. The van der Waals surface area contributed by atoms with Crippen LogP contribution in [0.4, 0.5) is 22.7 Å². The Morgan fingerprint density at radius 3 is 1.96 bits per heavy atom. The van der Waals surface area contributed by atoms with Gasteiger partial charge in [0.05, 0.1) is 0 Å². The molecule has 1 aliphatic heterocycles. The molecule has 0 saturated heterocycles. The Morgan fingerprint density at radius 1 is 0.628 bits per heavy atom. The molecule has 11 rings (SSSR count). The molecule has 3 heterocycles. The summed E-state index contributed by atoms with van der Waals surface area (Å²) in [6, 6.07) is 52.0. The van der Waals surface area contributed by atoms with Crippen LogP contribution in [0.5, 0.6) is 11.5 Å². The molecule has 5 nitrogen and oxygen atoms in total. The minimum absolute atomic E-state index is 0. The zero-order valence-corrected chi connectivity index (χ0v) is 49.2. The summed E-state index contributed by atoms with van der Waals surface area (Å²) in [6.45, 7) is 16.3. The van der Waals surface area contributed by atoms with Crippen LogP contribution in [0.15, 0.2) is 146 Å². The summed E-state index contributed by atoms with van der Waals surface area (Å²) in [5, 5.41) is 2.05. The molecule has 6 heteroatoms. The van der Waals surface area contributed by atoms with E-state index in [0.717, 1.165) is 63.0 Å². The maximum atomic E-state index is 9.81. The summed E-state index contributed by atoms with van der Waals surface area (Å²) < 4.78 is 109. The Kier molecular flexibility index (Phi) is 10.9. The van der Waals surface area contributed by atoms with Crippen LogP contribution in [-0.2, 0) is 54.5 Å². The zero-order chi connectivity index (χ0) is 63.9. The molecule has 9 aromatic rings. The maximum Gasteiger partial charge on any atom is 0.135 e. The van der Waals surface area contributed by atoms with Crippen LogP contribution in [0.1, 0.15) is 165 Å². The third kappa shape index (κ3) is 10.3. The SMILES string of the molecule is [2H]C([2H])(c1cc(-c2cc(C(C)(C)C)cc(C(C([2H])([2H])[2H])(C([2H])([2H])[2H])C([2H])([2H])[2H])c2)c(N2[CH-]N(c3[c-]c(Oc4[c-]c5c(cc4)c4ccccc4n5-c4cc(C(C)(C)C)ccn4)ccc3)c3ccccc32)c(-c2ccc3c(c2)C(C)(C)CCC3(C)C)c1)C(C)C.[Pt]. The molecule has 404 valence electrons. The summed E-state index contributed by atoms with van der Waals surface area (Å²) in [5.41, 5.74) is 6.07. The van der Waals surface area contributed by atoms with Crippen molar-refractivity contribution in [1.29, 1.82) is 0 Å². The van der Waals surface area contributed by atoms with Crippen molar-refractivity contribution in [2.45, 2.75) is 150 Å². The van der Waals surface area contributed by atoms with Gasteiger partial charge in [-0.15, -0.1) is 48.1 Å². The molecule has 0 radical (unpaired) electrons. The van der Waals surface area contributed by atoms with Gasteiger partial charge >= 0.3 is 0 Å². The van der Waals surface area contributed by atoms with E-state index in [9.17, 15) is 2.74 Å². The van der Waals surface area contributed by atoms with Crippen molar-refractivity contribution >= 4 is 44.6 Å². The first kappa shape index (κ1) is 42.5. The summed E-state index contributed by atoms with van der Waals surface area (Å²) in [4.78, 5) is 8.92. The molecular weight excluding hydrogens is 1130 g/mol. The quantitative estimate of drug-likeness (QED) is 0.135. The van der Waals surface area contributed by atoms with E-state index in [0.29, 0.717) is 50.7 Å². The Hall–Kier alpha value is -6.42. The van der Waals surface area contributed by atoms with Crippen LogP contribution in [0.25, 0.3) is 49.9 Å². The molecule has 0 fully saturated rings. The van der Waals surface area contributed by atoms with E-state index in [2.05, 4.69) is 108 Å². The molecule has 2 aliphatic rings. The van der Waals surface area contributed by atoms with E-state index in [1.807, 2.05) is 136 Å². The first-order valence-electron chi connectivity index (χ1n) is 32.5. The molecule has 0 bridgehead atoms. The number of aromatic nitrogens is 2. The largest absolute Gasteiger partial charge is 0.509 e. The van der Waals surface area contributed by atoms with Crippen molar-refractivity contribution in [1.82, 2.24) is 9.55 Å². The molecule has 0 atom stereocenters. The van der Waals surface area contributed by atoms with Crippen molar-refractivity contribution < 1.29 is 40.9 Å². The van der Waals surface area contributed by atoms with Gasteiger partial charge in [-0.1, -0.05) is 176 Å². The van der Waals surface area contributed by atoms with E-state index >= 15 is 0 Å². The minimum atomic E-state index is -3.55. The summed E-state index contributed by atoms with van der Waals surface area (Å²) in [6.07, 6.45) is 1.84. The molecule has 78 heavy (non-hydrogen) atoms. The first-order chi connectivity index (χ1) is 40.8. The second-order valence-corrected chi connectivity index (χ2v) is 25.0. The van der Waals surface area contributed by atoms with Gasteiger partial charge in [-0.2, -0.15) is 12.1 Å². The van der Waals surface area contributed by atoms with Gasteiger partial charge in [0.1, 0.15) is 5.82 Å². The molecule has 0 spiro atoms. The van der Waals surface area contributed by atoms with Gasteiger partial charge in [0.25, 0.3) is 0 Å². The first-order valence-corrected chi connectivity index (χ1v) is 27.0. The Bertz CT molecular complexity index is 4160. The number of para-hydroxylation sites is 3. The number of pyridine rings is 1. The average Bonchev–Trinajstić information content (AvgIpc) is 1.31. The molecule has 0 N–H and O–H groups in total. The van der Waals surface area contributed by atoms with Gasteiger partial charge in [-0.3, -0.25) is 0 Å². The topological polar surface area (TPSA) is 33.5 Å². The summed E-state index contributed by atoms with van der Waals surface area (Å²) in [5.74, 6) is 1.12. The predicted molar refractivity (Wildman–Crippen MR) is 325 cm³/mol. The fourth-order valence-corrected chi connectivity index (χ4v) is 11.4. The Labute approximate surface area is 495 Å². The van der Waals surface area contributed by atoms with E-state index in [-0.39, 0.29) is 42.9 Å². The molecule has 0 amide bonds. The summed E-state index contributed by atoms with van der Waals surface area (Å²) in [7, 11) is 0. The molecule has 1 aliphatic carbocycles. The van der Waals surface area contributed by atoms with E-state index < -0.39 is 43.7 Å². The van der Waals surface area contributed by atoms with Gasteiger partial charge in [-0.25, -0.2) is 4.98 Å². The number of hydrogen-bond acceptors (Lipinski definition) is 4. The van der Waals surface area contributed by atoms with Crippen molar-refractivity contribution in [3.8, 4) is 39.6 Å². The van der Waals surface area contributed by atoms with E-state index in [1.165, 1.54) is 23.3 Å². The number of fused-ring (bicyclic) bond motifs is 5. The molecule has 2 aromatic heterocycles. The minimum Gasteiger partial charge on any atom is -0.509 e. The molecule has 7 aromatic carbocycles. The predicted octanol–water partition coefficient (Wildman–Crippen LogP) is 19.8. The molecular formula is C72H77N4OPt-3. The number of nitrogens with zero attached hydrogens (tertiary/aromatic N) is 4.